The molecule has 0 aliphatic heterocycles. The summed E-state index contributed by atoms with van der Waals surface area (Å²) >= 11 is 12.3. The van der Waals surface area contributed by atoms with E-state index in [1.807, 2.05) is 36.4 Å². The first kappa shape index (κ1) is 23.0. The summed E-state index contributed by atoms with van der Waals surface area (Å²) in [6, 6.07) is 15.9. The SMILES string of the molecule is CC(=O)c1c2c(cc3cc(Cl)ccc13)C[CH+]C2.CC(=O)c1c2c(cc3cccc(Cl)c13)CCC2. The van der Waals surface area contributed by atoms with E-state index in [1.165, 1.54) is 22.3 Å². The number of hydrogen-bond donors (Lipinski definition) is 0. The van der Waals surface area contributed by atoms with Gasteiger partial charge in [0, 0.05) is 37.7 Å². The van der Waals surface area contributed by atoms with Crippen LogP contribution in [0.1, 0.15) is 63.2 Å². The molecule has 0 saturated carbocycles. The molecule has 0 saturated heterocycles. The summed E-state index contributed by atoms with van der Waals surface area (Å²) in [6.07, 6.45) is 7.31. The molecule has 170 valence electrons. The van der Waals surface area contributed by atoms with Crippen LogP contribution in [0.3, 0.4) is 0 Å². The largest absolute Gasteiger partial charge is 0.294 e. The number of fused-ring (bicyclic) bond motifs is 4. The molecule has 34 heavy (non-hydrogen) atoms. The second-order valence-corrected chi connectivity index (χ2v) is 9.99. The average molecular weight is 488 g/mol. The number of benzene rings is 4. The summed E-state index contributed by atoms with van der Waals surface area (Å²) in [4.78, 5) is 23.8. The normalized spacial score (nSPS) is 13.8. The van der Waals surface area contributed by atoms with Gasteiger partial charge in [-0.15, -0.1) is 0 Å². The third-order valence-electron chi connectivity index (χ3n) is 6.91. The Bertz CT molecular complexity index is 1470. The summed E-state index contributed by atoms with van der Waals surface area (Å²) < 4.78 is 0. The van der Waals surface area contributed by atoms with E-state index in [-0.39, 0.29) is 11.6 Å². The van der Waals surface area contributed by atoms with E-state index in [9.17, 15) is 9.59 Å². The average Bonchev–Trinajstić information content (AvgIpc) is 3.45. The Morgan fingerprint density at radius 1 is 0.794 bits per heavy atom. The van der Waals surface area contributed by atoms with Crippen molar-refractivity contribution in [3.8, 4) is 0 Å². The van der Waals surface area contributed by atoms with Crippen LogP contribution >= 0.6 is 23.2 Å². The second-order valence-electron chi connectivity index (χ2n) is 9.14. The number of carbonyl (C=O) groups excluding carboxylic acids is 2. The van der Waals surface area contributed by atoms with E-state index in [1.54, 1.807) is 13.8 Å². The highest BCUT2D eigenvalue weighted by molar-refractivity contribution is 6.37. The molecule has 0 atom stereocenters. The topological polar surface area (TPSA) is 34.1 Å². The van der Waals surface area contributed by atoms with Crippen LogP contribution in [0.4, 0.5) is 0 Å². The molecule has 4 aromatic carbocycles. The van der Waals surface area contributed by atoms with Crippen LogP contribution < -0.4 is 0 Å². The minimum atomic E-state index is 0.127. The molecule has 2 nitrogen and oxygen atoms in total. The number of hydrogen-bond acceptors (Lipinski definition) is 2. The summed E-state index contributed by atoms with van der Waals surface area (Å²) in [5.74, 6) is 0.270. The number of aryl methyl sites for hydroxylation is 1. The Hall–Kier alpha value is -2.81. The highest BCUT2D eigenvalue weighted by Crippen LogP contribution is 2.36. The Kier molecular flexibility index (Phi) is 6.14. The number of ketones is 2. The highest BCUT2D eigenvalue weighted by Gasteiger charge is 2.25. The third kappa shape index (κ3) is 4.00. The van der Waals surface area contributed by atoms with Crippen LogP contribution in [0, 0.1) is 6.42 Å². The number of carbonyl (C=O) groups is 2. The predicted molar refractivity (Wildman–Crippen MR) is 142 cm³/mol. The van der Waals surface area contributed by atoms with Crippen molar-refractivity contribution in [2.75, 3.05) is 0 Å². The molecule has 2 aliphatic rings. The lowest BCUT2D eigenvalue weighted by molar-refractivity contribution is 0.101. The zero-order valence-electron chi connectivity index (χ0n) is 19.3. The van der Waals surface area contributed by atoms with Gasteiger partial charge < -0.3 is 0 Å². The van der Waals surface area contributed by atoms with E-state index in [4.69, 9.17) is 23.2 Å². The van der Waals surface area contributed by atoms with E-state index < -0.39 is 0 Å². The van der Waals surface area contributed by atoms with Crippen molar-refractivity contribution in [2.45, 2.75) is 46.0 Å². The van der Waals surface area contributed by atoms with Crippen LogP contribution in [-0.4, -0.2) is 11.6 Å². The fourth-order valence-electron chi connectivity index (χ4n) is 5.53. The molecule has 0 amide bonds. The maximum Gasteiger partial charge on any atom is 0.160 e. The van der Waals surface area contributed by atoms with Gasteiger partial charge in [0.15, 0.2) is 11.6 Å². The molecule has 0 bridgehead atoms. The van der Waals surface area contributed by atoms with Crippen LogP contribution in [0.15, 0.2) is 48.5 Å². The smallest absolute Gasteiger partial charge is 0.160 e. The first-order valence-electron chi connectivity index (χ1n) is 11.7. The van der Waals surface area contributed by atoms with Crippen molar-refractivity contribution >= 4 is 56.3 Å². The highest BCUT2D eigenvalue weighted by atomic mass is 35.5. The molecule has 0 aromatic heterocycles. The van der Waals surface area contributed by atoms with Gasteiger partial charge in [-0.05, 0) is 84.7 Å². The zero-order valence-corrected chi connectivity index (χ0v) is 20.8. The Morgan fingerprint density at radius 2 is 1.56 bits per heavy atom. The maximum absolute atomic E-state index is 11.9. The lowest BCUT2D eigenvalue weighted by atomic mass is 9.93. The maximum atomic E-state index is 11.9. The van der Waals surface area contributed by atoms with Gasteiger partial charge in [-0.1, -0.05) is 47.5 Å². The van der Waals surface area contributed by atoms with E-state index in [0.29, 0.717) is 10.0 Å². The quantitative estimate of drug-likeness (QED) is 0.211. The molecule has 0 N–H and O–H groups in total. The molecule has 6 rings (SSSR count). The Balaban J connectivity index is 0.000000142. The molecule has 4 aromatic rings. The number of Topliss-reactive ketones (excluding diaryl/α,β-unsaturated/α-hetero) is 2. The molecular formula is C30H25Cl2O2+. The van der Waals surface area contributed by atoms with Gasteiger partial charge in [0.05, 0.1) is 6.42 Å². The standard InChI is InChI=1S/C15H13ClO.C15H12ClO/c1-9(17)14-12-6-2-4-10(12)8-11-5-3-7-13(16)15(11)14;1-9(17)15-13-4-2-3-10(13)7-11-8-12(16)5-6-14(11)15/h3,5,7-8H,2,4,6H2,1H3;2,5-8H,3-4H2,1H3/q;+1. The van der Waals surface area contributed by atoms with E-state index in [2.05, 4.69) is 18.6 Å². The van der Waals surface area contributed by atoms with Crippen LogP contribution in [0.5, 0.6) is 0 Å². The van der Waals surface area contributed by atoms with Crippen LogP contribution in [0.2, 0.25) is 10.0 Å². The van der Waals surface area contributed by atoms with Gasteiger partial charge in [-0.2, -0.15) is 0 Å². The van der Waals surface area contributed by atoms with Crippen molar-refractivity contribution in [3.63, 3.8) is 0 Å². The van der Waals surface area contributed by atoms with Crippen molar-refractivity contribution in [3.05, 3.63) is 98.4 Å². The molecular weight excluding hydrogens is 463 g/mol. The molecule has 4 heteroatoms. The molecule has 0 radical (unpaired) electrons. The number of rotatable bonds is 2. The first-order chi connectivity index (χ1) is 16.3. The van der Waals surface area contributed by atoms with Gasteiger partial charge in [-0.3, -0.25) is 9.59 Å². The number of halogens is 2. The lowest BCUT2D eigenvalue weighted by Crippen LogP contribution is -2.01. The summed E-state index contributed by atoms with van der Waals surface area (Å²) in [5, 5.41) is 5.51. The van der Waals surface area contributed by atoms with Crippen molar-refractivity contribution in [2.24, 2.45) is 0 Å². The van der Waals surface area contributed by atoms with E-state index >= 15 is 0 Å². The van der Waals surface area contributed by atoms with E-state index in [0.717, 1.165) is 64.8 Å². The fraction of sp³-hybridized carbons (Fsp3) is 0.233. The molecule has 0 spiro atoms. The van der Waals surface area contributed by atoms with Gasteiger partial charge in [0.2, 0.25) is 0 Å². The third-order valence-corrected chi connectivity index (χ3v) is 7.46. The Labute approximate surface area is 209 Å². The van der Waals surface area contributed by atoms with Gasteiger partial charge in [0.25, 0.3) is 0 Å². The minimum Gasteiger partial charge on any atom is -0.294 e. The summed E-state index contributed by atoms with van der Waals surface area (Å²) in [5.41, 5.74) is 6.74. The van der Waals surface area contributed by atoms with Crippen molar-refractivity contribution < 1.29 is 9.59 Å². The van der Waals surface area contributed by atoms with Gasteiger partial charge in [0.1, 0.15) is 12.8 Å². The predicted octanol–water partition coefficient (Wildman–Crippen LogP) is 8.18. The second kappa shape index (κ2) is 9.09. The fourth-order valence-corrected chi connectivity index (χ4v) is 5.99. The zero-order chi connectivity index (χ0) is 24.0. The van der Waals surface area contributed by atoms with Gasteiger partial charge >= 0.3 is 0 Å². The van der Waals surface area contributed by atoms with Crippen LogP contribution in [-0.2, 0) is 25.7 Å². The summed E-state index contributed by atoms with van der Waals surface area (Å²) in [6.45, 7) is 3.28. The first-order valence-corrected chi connectivity index (χ1v) is 12.4. The minimum absolute atomic E-state index is 0.127. The summed E-state index contributed by atoms with van der Waals surface area (Å²) in [7, 11) is 0. The molecule has 2 aliphatic carbocycles. The molecule has 0 heterocycles. The molecule has 0 unspecified atom stereocenters. The van der Waals surface area contributed by atoms with Crippen molar-refractivity contribution in [1.82, 2.24) is 0 Å². The van der Waals surface area contributed by atoms with Gasteiger partial charge in [-0.25, -0.2) is 0 Å². The Morgan fingerprint density at radius 3 is 2.32 bits per heavy atom. The van der Waals surface area contributed by atoms with Crippen molar-refractivity contribution in [1.29, 1.82) is 0 Å². The monoisotopic (exact) mass is 487 g/mol. The lowest BCUT2D eigenvalue weighted by Gasteiger charge is -2.11. The molecule has 0 fully saturated rings. The van der Waals surface area contributed by atoms with Crippen LogP contribution in [0.25, 0.3) is 21.5 Å².